The van der Waals surface area contributed by atoms with E-state index >= 15 is 0 Å². The lowest BCUT2D eigenvalue weighted by Crippen LogP contribution is -1.94. The third kappa shape index (κ3) is 2.51. The molecular weight excluding hydrogens is 259 g/mol. The Hall–Kier alpha value is -0.420. The molecule has 1 rings (SSSR count). The smallest absolute Gasteiger partial charge is 0.189 e. The molecule has 0 N–H and O–H groups in total. The second-order valence-corrected chi connectivity index (χ2v) is 4.75. The Morgan fingerprint density at radius 2 is 2.08 bits per heavy atom. The van der Waals surface area contributed by atoms with Gasteiger partial charge in [0.15, 0.2) is 0 Å². The predicted molar refractivity (Wildman–Crippen MR) is 51.8 cm³/mol. The lowest BCUT2D eigenvalue weighted by molar-refractivity contribution is 0.552. The minimum Gasteiger partial charge on any atom is -0.189 e. The summed E-state index contributed by atoms with van der Waals surface area (Å²) in [5, 5.41) is 0. The molecule has 1 aromatic carbocycles. The monoisotopic (exact) mass is 266 g/mol. The Balaban J connectivity index is 3.30. The molecule has 5 heteroatoms. The quantitative estimate of drug-likeness (QED) is 0.772. The standard InChI is InChI=1S/C8H8BrFO2S/c1-2-6-5-7(13(10,11)12)3-4-8(6)9/h3-5H,2H2,1H3. The summed E-state index contributed by atoms with van der Waals surface area (Å²) in [5.74, 6) is 0. The van der Waals surface area contributed by atoms with Gasteiger partial charge in [0, 0.05) is 4.47 Å². The maximum atomic E-state index is 12.5. The van der Waals surface area contributed by atoms with Crippen molar-refractivity contribution in [2.45, 2.75) is 18.2 Å². The van der Waals surface area contributed by atoms with E-state index in [4.69, 9.17) is 0 Å². The third-order valence-electron chi connectivity index (χ3n) is 1.68. The van der Waals surface area contributed by atoms with Gasteiger partial charge in [-0.05, 0) is 30.2 Å². The molecule has 1 aromatic rings. The average Bonchev–Trinajstić information content (AvgIpc) is 2.03. The van der Waals surface area contributed by atoms with E-state index in [1.807, 2.05) is 6.92 Å². The van der Waals surface area contributed by atoms with Gasteiger partial charge in [-0.25, -0.2) is 0 Å². The van der Waals surface area contributed by atoms with E-state index in [0.717, 1.165) is 10.0 Å². The number of aryl methyl sites for hydroxylation is 1. The highest BCUT2D eigenvalue weighted by atomic mass is 79.9. The minimum atomic E-state index is -4.57. The van der Waals surface area contributed by atoms with Crippen molar-refractivity contribution in [3.8, 4) is 0 Å². The molecule has 0 heterocycles. The number of halogens is 2. The van der Waals surface area contributed by atoms with Gasteiger partial charge >= 0.3 is 10.2 Å². The summed E-state index contributed by atoms with van der Waals surface area (Å²) in [6, 6.07) is 4.10. The van der Waals surface area contributed by atoms with Crippen LogP contribution in [-0.4, -0.2) is 8.42 Å². The van der Waals surface area contributed by atoms with Crippen LogP contribution < -0.4 is 0 Å². The van der Waals surface area contributed by atoms with Crippen LogP contribution in [0.3, 0.4) is 0 Å². The molecule has 0 bridgehead atoms. The van der Waals surface area contributed by atoms with Gasteiger partial charge in [0.1, 0.15) is 0 Å². The summed E-state index contributed by atoms with van der Waals surface area (Å²) in [4.78, 5) is -0.285. The second-order valence-electron chi connectivity index (χ2n) is 2.54. The Bertz CT molecular complexity index is 414. The van der Waals surface area contributed by atoms with Crippen molar-refractivity contribution < 1.29 is 12.3 Å². The van der Waals surface area contributed by atoms with Gasteiger partial charge < -0.3 is 0 Å². The first-order valence-electron chi connectivity index (χ1n) is 3.68. The van der Waals surface area contributed by atoms with Crippen molar-refractivity contribution >= 4 is 26.2 Å². The fraction of sp³-hybridized carbons (Fsp3) is 0.250. The van der Waals surface area contributed by atoms with E-state index in [1.165, 1.54) is 18.2 Å². The van der Waals surface area contributed by atoms with Gasteiger partial charge in [0.2, 0.25) is 0 Å². The maximum Gasteiger partial charge on any atom is 0.332 e. The van der Waals surface area contributed by atoms with E-state index in [-0.39, 0.29) is 4.90 Å². The van der Waals surface area contributed by atoms with Crippen LogP contribution >= 0.6 is 15.9 Å². The van der Waals surface area contributed by atoms with Crippen molar-refractivity contribution in [3.05, 3.63) is 28.2 Å². The van der Waals surface area contributed by atoms with Crippen LogP contribution in [0.1, 0.15) is 12.5 Å². The zero-order valence-electron chi connectivity index (χ0n) is 6.92. The first kappa shape index (κ1) is 10.7. The average molecular weight is 267 g/mol. The first-order valence-corrected chi connectivity index (χ1v) is 5.86. The number of rotatable bonds is 2. The van der Waals surface area contributed by atoms with Crippen LogP contribution in [-0.2, 0) is 16.6 Å². The molecule has 0 aromatic heterocycles. The predicted octanol–water partition coefficient (Wildman–Crippen LogP) is 2.67. The van der Waals surface area contributed by atoms with Gasteiger partial charge in [-0.15, -0.1) is 3.89 Å². The topological polar surface area (TPSA) is 34.1 Å². The summed E-state index contributed by atoms with van der Waals surface area (Å²) < 4.78 is 34.4. The highest BCUT2D eigenvalue weighted by Gasteiger charge is 2.12. The molecule has 0 aliphatic heterocycles. The summed E-state index contributed by atoms with van der Waals surface area (Å²) in [7, 11) is -4.57. The fourth-order valence-corrected chi connectivity index (χ4v) is 2.01. The van der Waals surface area contributed by atoms with E-state index in [1.54, 1.807) is 0 Å². The molecule has 0 atom stereocenters. The summed E-state index contributed by atoms with van der Waals surface area (Å²) >= 11 is 3.24. The zero-order valence-corrected chi connectivity index (χ0v) is 9.32. The largest absolute Gasteiger partial charge is 0.332 e. The number of hydrogen-bond acceptors (Lipinski definition) is 2. The van der Waals surface area contributed by atoms with Crippen molar-refractivity contribution in [1.82, 2.24) is 0 Å². The molecule has 0 unspecified atom stereocenters. The molecule has 0 saturated carbocycles. The molecule has 0 radical (unpaired) electrons. The molecule has 0 aliphatic rings. The first-order chi connectivity index (χ1) is 5.95. The molecule has 2 nitrogen and oxygen atoms in total. The van der Waals surface area contributed by atoms with Crippen LogP contribution in [0.15, 0.2) is 27.6 Å². The van der Waals surface area contributed by atoms with Crippen molar-refractivity contribution in [2.24, 2.45) is 0 Å². The number of hydrogen-bond donors (Lipinski definition) is 0. The van der Waals surface area contributed by atoms with Gasteiger partial charge in [-0.1, -0.05) is 22.9 Å². The zero-order chi connectivity index (χ0) is 10.1. The Morgan fingerprint density at radius 3 is 2.54 bits per heavy atom. The van der Waals surface area contributed by atoms with E-state index < -0.39 is 10.2 Å². The minimum absolute atomic E-state index is 0.285. The van der Waals surface area contributed by atoms with Gasteiger partial charge in [-0.2, -0.15) is 8.42 Å². The lowest BCUT2D eigenvalue weighted by atomic mass is 10.2. The summed E-state index contributed by atoms with van der Waals surface area (Å²) in [5.41, 5.74) is 0.777. The number of benzene rings is 1. The van der Waals surface area contributed by atoms with Crippen LogP contribution in [0.2, 0.25) is 0 Å². The van der Waals surface area contributed by atoms with Gasteiger partial charge in [-0.3, -0.25) is 0 Å². The maximum absolute atomic E-state index is 12.5. The van der Waals surface area contributed by atoms with E-state index in [9.17, 15) is 12.3 Å². The normalized spacial score (nSPS) is 11.6. The second kappa shape index (κ2) is 3.75. The van der Waals surface area contributed by atoms with Gasteiger partial charge in [0.05, 0.1) is 4.90 Å². The molecule has 13 heavy (non-hydrogen) atoms. The van der Waals surface area contributed by atoms with Crippen LogP contribution in [0.4, 0.5) is 3.89 Å². The van der Waals surface area contributed by atoms with Crippen molar-refractivity contribution in [1.29, 1.82) is 0 Å². The Labute approximate surface area is 85.1 Å². The Kier molecular flexibility index (Phi) is 3.08. The van der Waals surface area contributed by atoms with Crippen LogP contribution in [0.5, 0.6) is 0 Å². The molecule has 0 aliphatic carbocycles. The summed E-state index contributed by atoms with van der Waals surface area (Å²) in [6.45, 7) is 1.87. The SMILES string of the molecule is CCc1cc(S(=O)(=O)F)ccc1Br. The molecule has 0 spiro atoms. The van der Waals surface area contributed by atoms with Gasteiger partial charge in [0.25, 0.3) is 0 Å². The van der Waals surface area contributed by atoms with Crippen LogP contribution in [0, 0.1) is 0 Å². The van der Waals surface area contributed by atoms with Crippen molar-refractivity contribution in [2.75, 3.05) is 0 Å². The molecule has 72 valence electrons. The van der Waals surface area contributed by atoms with E-state index in [2.05, 4.69) is 15.9 Å². The highest BCUT2D eigenvalue weighted by Crippen LogP contribution is 2.22. The summed E-state index contributed by atoms with van der Waals surface area (Å²) in [6.07, 6.45) is 0.657. The fourth-order valence-electron chi connectivity index (χ4n) is 0.974. The van der Waals surface area contributed by atoms with E-state index in [0.29, 0.717) is 6.42 Å². The van der Waals surface area contributed by atoms with Crippen LogP contribution in [0.25, 0.3) is 0 Å². The lowest BCUT2D eigenvalue weighted by Gasteiger charge is -2.02. The highest BCUT2D eigenvalue weighted by molar-refractivity contribution is 9.10. The Morgan fingerprint density at radius 1 is 1.46 bits per heavy atom. The molecular formula is C8H8BrFO2S. The molecule has 0 saturated heterocycles. The molecule has 0 fully saturated rings. The van der Waals surface area contributed by atoms with Crippen molar-refractivity contribution in [3.63, 3.8) is 0 Å². The molecule has 0 amide bonds. The third-order valence-corrected chi connectivity index (χ3v) is 3.27.